The number of anilines is 3. The smallest absolute Gasteiger partial charge is 0.421 e. The molecule has 1 N–H and O–H groups in total. The van der Waals surface area contributed by atoms with Crippen molar-refractivity contribution in [1.29, 1.82) is 0 Å². The van der Waals surface area contributed by atoms with Crippen LogP contribution in [-0.4, -0.2) is 31.2 Å². The van der Waals surface area contributed by atoms with E-state index in [0.29, 0.717) is 17.2 Å². The zero-order valence-electron chi connectivity index (χ0n) is 18.3. The average molecular weight is 446 g/mol. The number of ether oxygens (including phenoxy) is 2. The highest BCUT2D eigenvalue weighted by Gasteiger charge is 2.36. The van der Waals surface area contributed by atoms with Crippen LogP contribution in [0.2, 0.25) is 0 Å². The SMILES string of the molecule is CCc1ccc(Nc2ncc(C(F)(F)F)c(N(C)Cc3ccc(OC)c(OC)c3)n2)cc1. The molecule has 0 fully saturated rings. The van der Waals surface area contributed by atoms with Gasteiger partial charge in [-0.15, -0.1) is 0 Å². The second-order valence-electron chi connectivity index (χ2n) is 7.15. The van der Waals surface area contributed by atoms with Crippen molar-refractivity contribution in [3.63, 3.8) is 0 Å². The lowest BCUT2D eigenvalue weighted by atomic mass is 10.1. The lowest BCUT2D eigenvalue weighted by Crippen LogP contribution is -2.23. The Morgan fingerprint density at radius 2 is 1.62 bits per heavy atom. The predicted octanol–water partition coefficient (Wildman–Crippen LogP) is 5.46. The zero-order valence-corrected chi connectivity index (χ0v) is 18.3. The molecule has 0 saturated carbocycles. The Kier molecular flexibility index (Phi) is 7.07. The van der Waals surface area contributed by atoms with Crippen LogP contribution in [0.4, 0.5) is 30.6 Å². The average Bonchev–Trinajstić information content (AvgIpc) is 2.78. The molecule has 0 bridgehead atoms. The minimum absolute atomic E-state index is 0.0800. The molecule has 32 heavy (non-hydrogen) atoms. The molecule has 0 aliphatic carbocycles. The maximum absolute atomic E-state index is 13.6. The summed E-state index contributed by atoms with van der Waals surface area (Å²) in [4.78, 5) is 9.48. The highest BCUT2D eigenvalue weighted by molar-refractivity contribution is 5.58. The Balaban J connectivity index is 1.90. The maximum atomic E-state index is 13.6. The molecule has 0 spiro atoms. The van der Waals surface area contributed by atoms with Crippen molar-refractivity contribution in [3.8, 4) is 11.5 Å². The van der Waals surface area contributed by atoms with Crippen LogP contribution < -0.4 is 19.7 Å². The number of methoxy groups -OCH3 is 2. The van der Waals surface area contributed by atoms with Gasteiger partial charge in [-0.05, 0) is 41.8 Å². The molecule has 3 aromatic rings. The number of rotatable bonds is 8. The molecule has 0 aliphatic rings. The minimum Gasteiger partial charge on any atom is -0.493 e. The fourth-order valence-electron chi connectivity index (χ4n) is 3.20. The van der Waals surface area contributed by atoms with Gasteiger partial charge in [-0.1, -0.05) is 25.1 Å². The monoisotopic (exact) mass is 446 g/mol. The quantitative estimate of drug-likeness (QED) is 0.496. The molecular formula is C23H25F3N4O2. The highest BCUT2D eigenvalue weighted by Crippen LogP contribution is 2.36. The molecule has 170 valence electrons. The molecule has 1 aromatic heterocycles. The van der Waals surface area contributed by atoms with Gasteiger partial charge in [0.1, 0.15) is 11.4 Å². The topological polar surface area (TPSA) is 59.5 Å². The van der Waals surface area contributed by atoms with Crippen LogP contribution >= 0.6 is 0 Å². The van der Waals surface area contributed by atoms with Crippen LogP contribution in [0.15, 0.2) is 48.7 Å². The summed E-state index contributed by atoms with van der Waals surface area (Å²) in [7, 11) is 4.57. The van der Waals surface area contributed by atoms with E-state index < -0.39 is 11.7 Å². The van der Waals surface area contributed by atoms with Gasteiger partial charge in [-0.2, -0.15) is 18.2 Å². The van der Waals surface area contributed by atoms with E-state index in [2.05, 4.69) is 15.3 Å². The van der Waals surface area contributed by atoms with Gasteiger partial charge in [-0.25, -0.2) is 4.98 Å². The molecule has 6 nitrogen and oxygen atoms in total. The number of hydrogen-bond donors (Lipinski definition) is 1. The summed E-state index contributed by atoms with van der Waals surface area (Å²) in [6, 6.07) is 12.8. The van der Waals surface area contributed by atoms with Gasteiger partial charge in [0, 0.05) is 25.5 Å². The molecule has 0 unspecified atom stereocenters. The third-order valence-corrected chi connectivity index (χ3v) is 4.92. The highest BCUT2D eigenvalue weighted by atomic mass is 19.4. The maximum Gasteiger partial charge on any atom is 0.421 e. The van der Waals surface area contributed by atoms with Crippen molar-refractivity contribution in [2.24, 2.45) is 0 Å². The van der Waals surface area contributed by atoms with Crippen molar-refractivity contribution in [1.82, 2.24) is 9.97 Å². The number of nitrogens with one attached hydrogen (secondary N) is 1. The predicted molar refractivity (Wildman–Crippen MR) is 118 cm³/mol. The summed E-state index contributed by atoms with van der Waals surface area (Å²) in [5.74, 6) is 0.888. The Labute approximate surface area is 185 Å². The van der Waals surface area contributed by atoms with E-state index >= 15 is 0 Å². The van der Waals surface area contributed by atoms with Gasteiger partial charge in [0.25, 0.3) is 0 Å². The van der Waals surface area contributed by atoms with Crippen LogP contribution in [-0.2, 0) is 19.1 Å². The van der Waals surface area contributed by atoms with Crippen molar-refractivity contribution >= 4 is 17.5 Å². The number of alkyl halides is 3. The molecule has 0 atom stereocenters. The normalized spacial score (nSPS) is 11.2. The van der Waals surface area contributed by atoms with Crippen LogP contribution in [0.1, 0.15) is 23.6 Å². The van der Waals surface area contributed by atoms with E-state index in [1.807, 2.05) is 31.2 Å². The second-order valence-corrected chi connectivity index (χ2v) is 7.15. The molecule has 0 radical (unpaired) electrons. The number of nitrogens with zero attached hydrogens (tertiary/aromatic N) is 3. The summed E-state index contributed by atoms with van der Waals surface area (Å²) >= 11 is 0. The first kappa shape index (κ1) is 23.2. The van der Waals surface area contributed by atoms with Gasteiger partial charge in [-0.3, -0.25) is 0 Å². The largest absolute Gasteiger partial charge is 0.493 e. The van der Waals surface area contributed by atoms with Crippen molar-refractivity contribution in [3.05, 3.63) is 65.4 Å². The summed E-state index contributed by atoms with van der Waals surface area (Å²) in [5.41, 5.74) is 1.67. The van der Waals surface area contributed by atoms with E-state index in [1.165, 1.54) is 19.1 Å². The molecule has 3 rings (SSSR count). The number of halogens is 3. The number of aryl methyl sites for hydroxylation is 1. The first-order valence-corrected chi connectivity index (χ1v) is 9.97. The van der Waals surface area contributed by atoms with Crippen LogP contribution in [0.5, 0.6) is 11.5 Å². The van der Waals surface area contributed by atoms with Gasteiger partial charge >= 0.3 is 6.18 Å². The van der Waals surface area contributed by atoms with E-state index in [1.54, 1.807) is 25.2 Å². The Morgan fingerprint density at radius 1 is 0.969 bits per heavy atom. The second kappa shape index (κ2) is 9.76. The third kappa shape index (κ3) is 5.40. The first-order chi connectivity index (χ1) is 15.2. The summed E-state index contributed by atoms with van der Waals surface area (Å²) in [6.07, 6.45) is -2.90. The molecule has 2 aromatic carbocycles. The summed E-state index contributed by atoms with van der Waals surface area (Å²) < 4.78 is 51.4. The molecule has 0 aliphatic heterocycles. The lowest BCUT2D eigenvalue weighted by Gasteiger charge is -2.23. The van der Waals surface area contributed by atoms with E-state index in [0.717, 1.165) is 23.7 Å². The van der Waals surface area contributed by atoms with Gasteiger partial charge < -0.3 is 19.7 Å². The van der Waals surface area contributed by atoms with Gasteiger partial charge in [0.15, 0.2) is 11.5 Å². The Morgan fingerprint density at radius 3 is 2.22 bits per heavy atom. The van der Waals surface area contributed by atoms with Crippen LogP contribution in [0, 0.1) is 0 Å². The molecule has 0 amide bonds. The fourth-order valence-corrected chi connectivity index (χ4v) is 3.20. The summed E-state index contributed by atoms with van der Waals surface area (Å²) in [6.45, 7) is 2.22. The van der Waals surface area contributed by atoms with E-state index in [4.69, 9.17) is 9.47 Å². The van der Waals surface area contributed by atoms with Crippen molar-refractivity contribution in [2.75, 3.05) is 31.5 Å². The molecule has 9 heteroatoms. The number of hydrogen-bond acceptors (Lipinski definition) is 6. The van der Waals surface area contributed by atoms with E-state index in [9.17, 15) is 13.2 Å². The molecular weight excluding hydrogens is 421 g/mol. The Bertz CT molecular complexity index is 1060. The van der Waals surface area contributed by atoms with Crippen LogP contribution in [0.3, 0.4) is 0 Å². The Hall–Kier alpha value is -3.49. The zero-order chi connectivity index (χ0) is 23.3. The van der Waals surface area contributed by atoms with E-state index in [-0.39, 0.29) is 18.3 Å². The fraction of sp³-hybridized carbons (Fsp3) is 0.304. The van der Waals surface area contributed by atoms with Crippen molar-refractivity contribution in [2.45, 2.75) is 26.1 Å². The molecule has 0 saturated heterocycles. The lowest BCUT2D eigenvalue weighted by molar-refractivity contribution is -0.137. The molecule has 1 heterocycles. The van der Waals surface area contributed by atoms with Gasteiger partial charge in [0.2, 0.25) is 5.95 Å². The third-order valence-electron chi connectivity index (χ3n) is 4.92. The van der Waals surface area contributed by atoms with Crippen LogP contribution in [0.25, 0.3) is 0 Å². The minimum atomic E-state index is -4.59. The van der Waals surface area contributed by atoms with Gasteiger partial charge in [0.05, 0.1) is 14.2 Å². The first-order valence-electron chi connectivity index (χ1n) is 9.97. The van der Waals surface area contributed by atoms with Crippen molar-refractivity contribution < 1.29 is 22.6 Å². The summed E-state index contributed by atoms with van der Waals surface area (Å²) in [5, 5.41) is 2.97. The standard InChI is InChI=1S/C23H25F3N4O2/c1-5-15-6-9-17(10-7-15)28-22-27-13-18(23(24,25)26)21(29-22)30(2)14-16-8-11-19(31-3)20(12-16)32-4/h6-13H,5,14H2,1-4H3,(H,27,28,29). The number of benzene rings is 2. The number of aromatic nitrogens is 2.